The van der Waals surface area contributed by atoms with Crippen molar-refractivity contribution in [1.29, 1.82) is 0 Å². The van der Waals surface area contributed by atoms with Crippen LogP contribution in [0.2, 0.25) is 0 Å². The standard InChI is InChI=1S/C30H28N4O3/c1-19-9-11-23(20(2)15-19)29(21-7-5-4-6-8-21)34-28(35)16-22-10-12-25-24(33-22)17-27(37-25)30(3,36)26-13-14-31-18-32-26/h4-15,17-18,29,36H,16H2,1-3H3,(H,34,35). The van der Waals surface area contributed by atoms with Crippen molar-refractivity contribution in [3.8, 4) is 0 Å². The molecule has 7 heteroatoms. The number of rotatable bonds is 7. The van der Waals surface area contributed by atoms with Crippen molar-refractivity contribution in [3.63, 3.8) is 0 Å². The van der Waals surface area contributed by atoms with E-state index in [0.29, 0.717) is 28.2 Å². The van der Waals surface area contributed by atoms with Gasteiger partial charge in [-0.2, -0.15) is 0 Å². The van der Waals surface area contributed by atoms with E-state index >= 15 is 0 Å². The highest BCUT2D eigenvalue weighted by atomic mass is 16.4. The summed E-state index contributed by atoms with van der Waals surface area (Å²) in [6, 6.07) is 22.8. The Balaban J connectivity index is 1.38. The quantitative estimate of drug-likeness (QED) is 0.334. The lowest BCUT2D eigenvalue weighted by Gasteiger charge is -2.22. The van der Waals surface area contributed by atoms with Gasteiger partial charge in [0.2, 0.25) is 5.91 Å². The van der Waals surface area contributed by atoms with Crippen LogP contribution >= 0.6 is 0 Å². The van der Waals surface area contributed by atoms with Crippen LogP contribution in [0.15, 0.2) is 89.7 Å². The fourth-order valence-electron chi connectivity index (χ4n) is 4.52. The minimum atomic E-state index is -1.45. The number of aliphatic hydroxyl groups is 1. The van der Waals surface area contributed by atoms with Gasteiger partial charge in [-0.15, -0.1) is 0 Å². The predicted octanol–water partition coefficient (Wildman–Crippen LogP) is 4.94. The summed E-state index contributed by atoms with van der Waals surface area (Å²) in [7, 11) is 0. The Morgan fingerprint density at radius 2 is 1.86 bits per heavy atom. The van der Waals surface area contributed by atoms with E-state index in [1.807, 2.05) is 30.3 Å². The monoisotopic (exact) mass is 492 g/mol. The first-order valence-electron chi connectivity index (χ1n) is 12.1. The summed E-state index contributed by atoms with van der Waals surface area (Å²) in [6.07, 6.45) is 3.05. The van der Waals surface area contributed by atoms with Crippen molar-refractivity contribution >= 4 is 17.0 Å². The number of aryl methyl sites for hydroxylation is 2. The second-order valence-corrected chi connectivity index (χ2v) is 9.41. The van der Waals surface area contributed by atoms with Crippen LogP contribution in [0.4, 0.5) is 0 Å². The Kier molecular flexibility index (Phi) is 6.54. The molecule has 0 aliphatic rings. The number of amides is 1. The number of nitrogens with one attached hydrogen (secondary N) is 1. The topological polar surface area (TPSA) is 101 Å². The Morgan fingerprint density at radius 3 is 2.59 bits per heavy atom. The molecular weight excluding hydrogens is 464 g/mol. The molecule has 0 aliphatic heterocycles. The first-order valence-corrected chi connectivity index (χ1v) is 12.1. The van der Waals surface area contributed by atoms with Gasteiger partial charge in [-0.1, -0.05) is 54.1 Å². The average Bonchev–Trinajstić information content (AvgIpc) is 3.33. The van der Waals surface area contributed by atoms with Crippen LogP contribution in [0.1, 0.15) is 52.4 Å². The van der Waals surface area contributed by atoms with Crippen molar-refractivity contribution in [2.75, 3.05) is 0 Å². The SMILES string of the molecule is Cc1ccc(C(NC(=O)Cc2ccc3oc(C(C)(O)c4ccncn4)cc3n2)c2ccccc2)c(C)c1. The molecule has 0 saturated heterocycles. The molecule has 0 spiro atoms. The molecule has 5 aromatic rings. The Morgan fingerprint density at radius 1 is 1.05 bits per heavy atom. The lowest BCUT2D eigenvalue weighted by atomic mass is 9.93. The van der Waals surface area contributed by atoms with E-state index in [2.05, 4.69) is 52.3 Å². The van der Waals surface area contributed by atoms with E-state index in [4.69, 9.17) is 4.42 Å². The molecule has 2 atom stereocenters. The zero-order chi connectivity index (χ0) is 26.0. The van der Waals surface area contributed by atoms with Crippen LogP contribution in [0.5, 0.6) is 0 Å². The van der Waals surface area contributed by atoms with Crippen molar-refractivity contribution < 1.29 is 14.3 Å². The molecule has 0 fully saturated rings. The van der Waals surface area contributed by atoms with Crippen LogP contribution in [0.3, 0.4) is 0 Å². The number of pyridine rings is 1. The second-order valence-electron chi connectivity index (χ2n) is 9.41. The van der Waals surface area contributed by atoms with Crippen LogP contribution < -0.4 is 5.32 Å². The molecule has 186 valence electrons. The summed E-state index contributed by atoms with van der Waals surface area (Å²) in [5.41, 5.74) is 5.01. The first-order chi connectivity index (χ1) is 17.8. The highest BCUT2D eigenvalue weighted by Crippen LogP contribution is 2.32. The van der Waals surface area contributed by atoms with Crippen LogP contribution in [0, 0.1) is 13.8 Å². The van der Waals surface area contributed by atoms with E-state index in [1.54, 1.807) is 37.4 Å². The number of hydrogen-bond acceptors (Lipinski definition) is 6. The summed E-state index contributed by atoms with van der Waals surface area (Å²) >= 11 is 0. The number of carbonyl (C=O) groups excluding carboxylic acids is 1. The normalized spacial score (nSPS) is 13.7. The summed E-state index contributed by atoms with van der Waals surface area (Å²) < 4.78 is 5.88. The van der Waals surface area contributed by atoms with Gasteiger partial charge in [0.1, 0.15) is 17.6 Å². The van der Waals surface area contributed by atoms with Gasteiger partial charge in [-0.05, 0) is 55.7 Å². The van der Waals surface area contributed by atoms with Gasteiger partial charge in [0.25, 0.3) is 0 Å². The first kappa shape index (κ1) is 24.3. The molecule has 0 saturated carbocycles. The maximum Gasteiger partial charge on any atom is 0.226 e. The van der Waals surface area contributed by atoms with Gasteiger partial charge >= 0.3 is 0 Å². The zero-order valence-corrected chi connectivity index (χ0v) is 21.0. The molecule has 5 rings (SSSR count). The highest BCUT2D eigenvalue weighted by molar-refractivity contribution is 5.81. The summed E-state index contributed by atoms with van der Waals surface area (Å²) in [4.78, 5) is 25.9. The van der Waals surface area contributed by atoms with E-state index in [1.165, 1.54) is 11.9 Å². The van der Waals surface area contributed by atoms with Crippen LogP contribution in [0.25, 0.3) is 11.1 Å². The molecule has 7 nitrogen and oxygen atoms in total. The number of fused-ring (bicyclic) bond motifs is 1. The Bertz CT molecular complexity index is 1550. The largest absolute Gasteiger partial charge is 0.456 e. The Labute approximate surface area is 215 Å². The minimum Gasteiger partial charge on any atom is -0.456 e. The number of hydrogen-bond donors (Lipinski definition) is 2. The lowest BCUT2D eigenvalue weighted by molar-refractivity contribution is -0.121. The fraction of sp³-hybridized carbons (Fsp3) is 0.200. The number of furan rings is 1. The van der Waals surface area contributed by atoms with Gasteiger partial charge in [0, 0.05) is 12.3 Å². The summed E-state index contributed by atoms with van der Waals surface area (Å²) in [5, 5.41) is 14.3. The number of benzene rings is 2. The van der Waals surface area contributed by atoms with Gasteiger partial charge in [-0.25, -0.2) is 15.0 Å². The molecule has 2 unspecified atom stereocenters. The smallest absolute Gasteiger partial charge is 0.226 e. The summed E-state index contributed by atoms with van der Waals surface area (Å²) in [5.74, 6) is 0.173. The average molecular weight is 493 g/mol. The van der Waals surface area contributed by atoms with E-state index in [9.17, 15) is 9.90 Å². The van der Waals surface area contributed by atoms with E-state index in [-0.39, 0.29) is 18.4 Å². The molecule has 3 heterocycles. The van der Waals surface area contributed by atoms with Crippen LogP contribution in [-0.4, -0.2) is 26.0 Å². The number of aromatic nitrogens is 3. The maximum absolute atomic E-state index is 13.2. The third-order valence-electron chi connectivity index (χ3n) is 6.51. The molecule has 3 aromatic heterocycles. The molecule has 0 bridgehead atoms. The lowest BCUT2D eigenvalue weighted by Crippen LogP contribution is -2.31. The molecule has 0 radical (unpaired) electrons. The zero-order valence-electron chi connectivity index (χ0n) is 21.0. The molecular formula is C30H28N4O3. The molecule has 1 amide bonds. The third kappa shape index (κ3) is 5.13. The van der Waals surface area contributed by atoms with Gasteiger partial charge in [0.05, 0.1) is 23.9 Å². The number of nitrogens with zero attached hydrogens (tertiary/aromatic N) is 3. The van der Waals surface area contributed by atoms with E-state index in [0.717, 1.165) is 16.7 Å². The van der Waals surface area contributed by atoms with Crippen molar-refractivity contribution in [1.82, 2.24) is 20.3 Å². The molecule has 37 heavy (non-hydrogen) atoms. The highest BCUT2D eigenvalue weighted by Gasteiger charge is 2.31. The predicted molar refractivity (Wildman–Crippen MR) is 141 cm³/mol. The third-order valence-corrected chi connectivity index (χ3v) is 6.51. The van der Waals surface area contributed by atoms with Crippen molar-refractivity contribution in [2.24, 2.45) is 0 Å². The van der Waals surface area contributed by atoms with Crippen LogP contribution in [-0.2, 0) is 16.8 Å². The summed E-state index contributed by atoms with van der Waals surface area (Å²) in [6.45, 7) is 5.73. The minimum absolute atomic E-state index is 0.104. The van der Waals surface area contributed by atoms with Gasteiger partial charge in [-0.3, -0.25) is 4.79 Å². The van der Waals surface area contributed by atoms with Crippen molar-refractivity contribution in [2.45, 2.75) is 38.8 Å². The molecule has 0 aliphatic carbocycles. The van der Waals surface area contributed by atoms with Gasteiger partial charge < -0.3 is 14.8 Å². The maximum atomic E-state index is 13.2. The van der Waals surface area contributed by atoms with Gasteiger partial charge in [0.15, 0.2) is 11.2 Å². The molecule has 2 aromatic carbocycles. The Hall–Kier alpha value is -4.36. The van der Waals surface area contributed by atoms with E-state index < -0.39 is 5.60 Å². The van der Waals surface area contributed by atoms with Crippen molar-refractivity contribution in [3.05, 3.63) is 125 Å². The number of carbonyl (C=O) groups is 1. The fourth-order valence-corrected chi connectivity index (χ4v) is 4.52. The second kappa shape index (κ2) is 9.95. The molecule has 2 N–H and O–H groups in total.